The molecule has 0 atom stereocenters. The molecule has 4 aromatic rings. The maximum atomic E-state index is 12.6. The van der Waals surface area contributed by atoms with E-state index in [-0.39, 0.29) is 11.7 Å². The van der Waals surface area contributed by atoms with Crippen LogP contribution in [-0.4, -0.2) is 43.7 Å². The molecular formula is C20H18N6O3S. The molecule has 30 heavy (non-hydrogen) atoms. The van der Waals surface area contributed by atoms with Gasteiger partial charge in [-0.1, -0.05) is 29.1 Å². The van der Waals surface area contributed by atoms with Gasteiger partial charge in [-0.3, -0.25) is 9.36 Å². The van der Waals surface area contributed by atoms with Crippen LogP contribution in [0.4, 0.5) is 5.69 Å². The number of benzene rings is 2. The summed E-state index contributed by atoms with van der Waals surface area (Å²) >= 11 is 1.29. The lowest BCUT2D eigenvalue weighted by molar-refractivity contribution is -0.113. The highest BCUT2D eigenvalue weighted by molar-refractivity contribution is 7.99. The number of amides is 1. The number of hydrogen-bond acceptors (Lipinski definition) is 8. The van der Waals surface area contributed by atoms with Crippen LogP contribution in [-0.2, 0) is 4.79 Å². The summed E-state index contributed by atoms with van der Waals surface area (Å²) in [6, 6.07) is 14.8. The summed E-state index contributed by atoms with van der Waals surface area (Å²) in [5.41, 5.74) is 2.18. The van der Waals surface area contributed by atoms with Crippen molar-refractivity contribution in [3.8, 4) is 22.8 Å². The van der Waals surface area contributed by atoms with Gasteiger partial charge in [0.2, 0.25) is 17.6 Å². The van der Waals surface area contributed by atoms with Gasteiger partial charge in [0, 0.05) is 18.2 Å². The molecule has 152 valence electrons. The molecule has 0 aliphatic rings. The summed E-state index contributed by atoms with van der Waals surface area (Å²) in [5.74, 6) is 1.62. The van der Waals surface area contributed by atoms with E-state index in [1.54, 1.807) is 26.4 Å². The molecule has 2 heterocycles. The van der Waals surface area contributed by atoms with Crippen molar-refractivity contribution in [2.75, 3.05) is 18.2 Å². The molecule has 0 unspecified atom stereocenters. The monoisotopic (exact) mass is 422 g/mol. The van der Waals surface area contributed by atoms with E-state index < -0.39 is 0 Å². The van der Waals surface area contributed by atoms with E-state index in [2.05, 4.69) is 25.7 Å². The summed E-state index contributed by atoms with van der Waals surface area (Å²) in [5, 5.41) is 15.5. The third-order valence-corrected chi connectivity index (χ3v) is 5.11. The van der Waals surface area contributed by atoms with Crippen molar-refractivity contribution in [2.24, 2.45) is 0 Å². The van der Waals surface area contributed by atoms with Crippen LogP contribution in [0.5, 0.6) is 5.75 Å². The van der Waals surface area contributed by atoms with E-state index in [1.165, 1.54) is 11.8 Å². The Morgan fingerprint density at radius 3 is 2.73 bits per heavy atom. The number of nitrogens with zero attached hydrogens (tertiary/aromatic N) is 5. The molecular weight excluding hydrogens is 404 g/mol. The number of rotatable bonds is 7. The minimum absolute atomic E-state index is 0.161. The SMILES string of the molecule is COc1ccc(-n2cnnc2SCC(=O)Nc2ccccc2-c2noc(C)n2)cc1. The Balaban J connectivity index is 1.44. The van der Waals surface area contributed by atoms with Gasteiger partial charge >= 0.3 is 0 Å². The minimum atomic E-state index is -0.183. The predicted octanol–water partition coefficient (Wildman–Crippen LogP) is 3.37. The molecule has 9 nitrogen and oxygen atoms in total. The minimum Gasteiger partial charge on any atom is -0.497 e. The van der Waals surface area contributed by atoms with Gasteiger partial charge in [0.25, 0.3) is 0 Å². The lowest BCUT2D eigenvalue weighted by atomic mass is 10.1. The Morgan fingerprint density at radius 1 is 1.20 bits per heavy atom. The zero-order valence-electron chi connectivity index (χ0n) is 16.3. The second-order valence-corrected chi connectivity index (χ2v) is 7.14. The van der Waals surface area contributed by atoms with Crippen molar-refractivity contribution in [1.29, 1.82) is 0 Å². The summed E-state index contributed by atoms with van der Waals surface area (Å²) in [6.45, 7) is 1.72. The molecule has 0 radical (unpaired) electrons. The first-order chi connectivity index (χ1) is 14.6. The maximum Gasteiger partial charge on any atom is 0.234 e. The number of aryl methyl sites for hydroxylation is 1. The van der Waals surface area contributed by atoms with Gasteiger partial charge in [-0.25, -0.2) is 0 Å². The maximum absolute atomic E-state index is 12.6. The molecule has 4 rings (SSSR count). The number of aromatic nitrogens is 5. The van der Waals surface area contributed by atoms with Gasteiger partial charge in [-0.2, -0.15) is 4.98 Å². The van der Waals surface area contributed by atoms with Crippen molar-refractivity contribution in [3.05, 3.63) is 60.7 Å². The number of para-hydroxylation sites is 1. The fraction of sp³-hybridized carbons (Fsp3) is 0.150. The molecule has 2 aromatic carbocycles. The Labute approximate surface area is 176 Å². The molecule has 0 spiro atoms. The lowest BCUT2D eigenvalue weighted by Crippen LogP contribution is -2.15. The number of carbonyl (C=O) groups excluding carboxylic acids is 1. The summed E-state index contributed by atoms with van der Waals surface area (Å²) < 4.78 is 12.0. The fourth-order valence-electron chi connectivity index (χ4n) is 2.75. The van der Waals surface area contributed by atoms with Gasteiger partial charge in [0.05, 0.1) is 18.6 Å². The number of methoxy groups -OCH3 is 1. The average Bonchev–Trinajstić information content (AvgIpc) is 3.42. The molecule has 1 amide bonds. The van der Waals surface area contributed by atoms with Gasteiger partial charge in [-0.15, -0.1) is 10.2 Å². The van der Waals surface area contributed by atoms with Gasteiger partial charge in [0.15, 0.2) is 5.16 Å². The highest BCUT2D eigenvalue weighted by Crippen LogP contribution is 2.26. The predicted molar refractivity (Wildman–Crippen MR) is 112 cm³/mol. The van der Waals surface area contributed by atoms with Crippen LogP contribution in [0.25, 0.3) is 17.1 Å². The highest BCUT2D eigenvalue weighted by atomic mass is 32.2. The third kappa shape index (κ3) is 4.33. The standard InChI is InChI=1S/C20H18N6O3S/c1-13-22-19(25-29-13)16-5-3-4-6-17(16)23-18(27)11-30-20-24-21-12-26(20)14-7-9-15(28-2)10-8-14/h3-10,12H,11H2,1-2H3,(H,23,27). The van der Waals surface area contributed by atoms with Crippen molar-refractivity contribution >= 4 is 23.4 Å². The molecule has 0 saturated carbocycles. The number of carbonyl (C=O) groups is 1. The average molecular weight is 422 g/mol. The molecule has 0 aliphatic carbocycles. The number of nitrogens with one attached hydrogen (secondary N) is 1. The zero-order valence-corrected chi connectivity index (χ0v) is 17.1. The Hall–Kier alpha value is -3.66. The second kappa shape index (κ2) is 8.78. The number of thioether (sulfide) groups is 1. The summed E-state index contributed by atoms with van der Waals surface area (Å²) in [4.78, 5) is 16.8. The van der Waals surface area contributed by atoms with E-state index in [9.17, 15) is 4.79 Å². The lowest BCUT2D eigenvalue weighted by Gasteiger charge is -2.09. The highest BCUT2D eigenvalue weighted by Gasteiger charge is 2.14. The molecule has 0 bridgehead atoms. The molecule has 10 heteroatoms. The van der Waals surface area contributed by atoms with Gasteiger partial charge in [0.1, 0.15) is 12.1 Å². The third-order valence-electron chi connectivity index (χ3n) is 4.17. The van der Waals surface area contributed by atoms with E-state index in [1.807, 2.05) is 47.0 Å². The van der Waals surface area contributed by atoms with Crippen LogP contribution in [0.1, 0.15) is 5.89 Å². The smallest absolute Gasteiger partial charge is 0.234 e. The molecule has 1 N–H and O–H groups in total. The van der Waals surface area contributed by atoms with Crippen LogP contribution in [0.3, 0.4) is 0 Å². The van der Waals surface area contributed by atoms with Crippen LogP contribution >= 0.6 is 11.8 Å². The van der Waals surface area contributed by atoms with Gasteiger partial charge in [-0.05, 0) is 36.4 Å². The Kier molecular flexibility index (Phi) is 5.75. The molecule has 0 saturated heterocycles. The van der Waals surface area contributed by atoms with E-state index in [0.29, 0.717) is 28.1 Å². The van der Waals surface area contributed by atoms with Crippen molar-refractivity contribution in [2.45, 2.75) is 12.1 Å². The Morgan fingerprint density at radius 2 is 2.00 bits per heavy atom. The van der Waals surface area contributed by atoms with Crippen molar-refractivity contribution in [1.82, 2.24) is 24.9 Å². The molecule has 0 fully saturated rings. The normalized spacial score (nSPS) is 10.7. The van der Waals surface area contributed by atoms with Crippen LogP contribution in [0.15, 0.2) is 64.5 Å². The van der Waals surface area contributed by atoms with Gasteiger partial charge < -0.3 is 14.6 Å². The van der Waals surface area contributed by atoms with Crippen LogP contribution in [0, 0.1) is 6.92 Å². The Bertz CT molecular complexity index is 1160. The summed E-state index contributed by atoms with van der Waals surface area (Å²) in [6.07, 6.45) is 1.61. The number of hydrogen-bond donors (Lipinski definition) is 1. The fourth-order valence-corrected chi connectivity index (χ4v) is 3.48. The number of ether oxygens (including phenoxy) is 1. The van der Waals surface area contributed by atoms with Crippen LogP contribution in [0.2, 0.25) is 0 Å². The van der Waals surface area contributed by atoms with E-state index in [0.717, 1.165) is 11.4 Å². The zero-order chi connectivity index (χ0) is 20.9. The number of anilines is 1. The molecule has 0 aliphatic heterocycles. The quantitative estimate of drug-likeness (QED) is 0.452. The largest absolute Gasteiger partial charge is 0.497 e. The van der Waals surface area contributed by atoms with E-state index in [4.69, 9.17) is 9.26 Å². The first kappa shape index (κ1) is 19.6. The topological polar surface area (TPSA) is 108 Å². The first-order valence-corrected chi connectivity index (χ1v) is 9.99. The molecule has 2 aromatic heterocycles. The van der Waals surface area contributed by atoms with Crippen LogP contribution < -0.4 is 10.1 Å². The second-order valence-electron chi connectivity index (χ2n) is 6.20. The first-order valence-electron chi connectivity index (χ1n) is 9.01. The summed E-state index contributed by atoms with van der Waals surface area (Å²) in [7, 11) is 1.62. The van der Waals surface area contributed by atoms with Crippen molar-refractivity contribution in [3.63, 3.8) is 0 Å². The van der Waals surface area contributed by atoms with Crippen molar-refractivity contribution < 1.29 is 14.1 Å². The van der Waals surface area contributed by atoms with E-state index >= 15 is 0 Å².